The quantitative estimate of drug-likeness (QED) is 0.832. The Morgan fingerprint density at radius 3 is 2.83 bits per heavy atom. The molecule has 1 N–H and O–H groups in total. The van der Waals surface area contributed by atoms with E-state index < -0.39 is 0 Å². The van der Waals surface area contributed by atoms with Crippen LogP contribution in [0, 0.1) is 11.8 Å². The van der Waals surface area contributed by atoms with Gasteiger partial charge in [0.25, 0.3) is 0 Å². The van der Waals surface area contributed by atoms with Gasteiger partial charge in [-0.2, -0.15) is 0 Å². The average molecular weight is 254 g/mol. The third-order valence-corrected chi connectivity index (χ3v) is 4.75. The molecule has 0 aromatic rings. The van der Waals surface area contributed by atoms with Crippen molar-refractivity contribution in [1.82, 2.24) is 10.2 Å². The van der Waals surface area contributed by atoms with E-state index in [9.17, 15) is 0 Å². The Bertz CT molecular complexity index is 239. The second-order valence-corrected chi connectivity index (χ2v) is 6.46. The summed E-state index contributed by atoms with van der Waals surface area (Å²) in [6, 6.07) is 0.775. The molecule has 106 valence electrons. The first-order valence-electron chi connectivity index (χ1n) is 7.69. The van der Waals surface area contributed by atoms with Crippen LogP contribution < -0.4 is 5.32 Å². The summed E-state index contributed by atoms with van der Waals surface area (Å²) >= 11 is 0. The van der Waals surface area contributed by atoms with Crippen molar-refractivity contribution < 1.29 is 4.74 Å². The van der Waals surface area contributed by atoms with E-state index in [1.807, 2.05) is 0 Å². The van der Waals surface area contributed by atoms with Crippen molar-refractivity contribution in [3.05, 3.63) is 0 Å². The van der Waals surface area contributed by atoms with Crippen LogP contribution in [0.3, 0.4) is 0 Å². The molecule has 1 heterocycles. The summed E-state index contributed by atoms with van der Waals surface area (Å²) in [4.78, 5) is 2.55. The predicted molar refractivity (Wildman–Crippen MR) is 75.8 cm³/mol. The Labute approximate surface area is 112 Å². The zero-order valence-electron chi connectivity index (χ0n) is 12.3. The van der Waals surface area contributed by atoms with E-state index in [2.05, 4.69) is 31.1 Å². The van der Waals surface area contributed by atoms with Gasteiger partial charge in [-0.15, -0.1) is 0 Å². The average Bonchev–Trinajstić information content (AvgIpc) is 2.40. The molecular weight excluding hydrogens is 224 g/mol. The largest absolute Gasteiger partial charge is 0.374 e. The van der Waals surface area contributed by atoms with Gasteiger partial charge in [-0.1, -0.05) is 26.7 Å². The Morgan fingerprint density at radius 1 is 1.33 bits per heavy atom. The summed E-state index contributed by atoms with van der Waals surface area (Å²) in [6.07, 6.45) is 5.99. The van der Waals surface area contributed by atoms with Gasteiger partial charge < -0.3 is 15.0 Å². The Balaban J connectivity index is 1.78. The van der Waals surface area contributed by atoms with Crippen molar-refractivity contribution in [2.75, 3.05) is 33.3 Å². The van der Waals surface area contributed by atoms with Gasteiger partial charge in [0.2, 0.25) is 0 Å². The van der Waals surface area contributed by atoms with Crippen LogP contribution in [0.25, 0.3) is 0 Å². The SMILES string of the molecule is CC(C)C1CCCC(N(C)CC2CNCCO2)C1. The van der Waals surface area contributed by atoms with Gasteiger partial charge >= 0.3 is 0 Å². The van der Waals surface area contributed by atoms with Gasteiger partial charge in [-0.25, -0.2) is 0 Å². The molecular formula is C15H30N2O. The summed E-state index contributed by atoms with van der Waals surface area (Å²) in [5, 5.41) is 3.42. The molecule has 3 unspecified atom stereocenters. The number of morpholine rings is 1. The Kier molecular flexibility index (Phi) is 5.46. The van der Waals surface area contributed by atoms with Crippen molar-refractivity contribution in [3.63, 3.8) is 0 Å². The Morgan fingerprint density at radius 2 is 2.17 bits per heavy atom. The molecule has 0 aromatic heterocycles. The number of hydrogen-bond acceptors (Lipinski definition) is 3. The molecule has 0 spiro atoms. The molecule has 0 radical (unpaired) electrons. The zero-order chi connectivity index (χ0) is 13.0. The zero-order valence-corrected chi connectivity index (χ0v) is 12.3. The van der Waals surface area contributed by atoms with E-state index in [1.165, 1.54) is 25.7 Å². The summed E-state index contributed by atoms with van der Waals surface area (Å²) < 4.78 is 5.81. The molecule has 1 aliphatic carbocycles. The maximum atomic E-state index is 5.81. The molecule has 2 aliphatic rings. The molecule has 2 fully saturated rings. The van der Waals surface area contributed by atoms with Crippen LogP contribution in [0.4, 0.5) is 0 Å². The summed E-state index contributed by atoms with van der Waals surface area (Å²) in [5.74, 6) is 1.77. The molecule has 3 atom stereocenters. The predicted octanol–water partition coefficient (Wildman–Crippen LogP) is 2.12. The van der Waals surface area contributed by atoms with Crippen molar-refractivity contribution in [2.45, 2.75) is 51.7 Å². The summed E-state index contributed by atoms with van der Waals surface area (Å²) in [5.41, 5.74) is 0. The lowest BCUT2D eigenvalue weighted by Gasteiger charge is -2.39. The molecule has 0 amide bonds. The van der Waals surface area contributed by atoms with Crippen LogP contribution in [0.5, 0.6) is 0 Å². The first-order valence-corrected chi connectivity index (χ1v) is 7.69. The number of rotatable bonds is 4. The van der Waals surface area contributed by atoms with Crippen LogP contribution in [-0.2, 0) is 4.74 Å². The number of likely N-dealkylation sites (N-methyl/N-ethyl adjacent to an activating group) is 1. The number of ether oxygens (including phenoxy) is 1. The van der Waals surface area contributed by atoms with Crippen molar-refractivity contribution in [2.24, 2.45) is 11.8 Å². The van der Waals surface area contributed by atoms with Gasteiger partial charge in [-0.05, 0) is 31.7 Å². The molecule has 18 heavy (non-hydrogen) atoms. The van der Waals surface area contributed by atoms with E-state index in [-0.39, 0.29) is 0 Å². The monoisotopic (exact) mass is 254 g/mol. The second-order valence-electron chi connectivity index (χ2n) is 6.46. The van der Waals surface area contributed by atoms with E-state index in [1.54, 1.807) is 0 Å². The fraction of sp³-hybridized carbons (Fsp3) is 1.00. The van der Waals surface area contributed by atoms with Gasteiger partial charge in [0.1, 0.15) is 0 Å². The lowest BCUT2D eigenvalue weighted by Crippen LogP contribution is -2.47. The fourth-order valence-electron chi connectivity index (χ4n) is 3.41. The number of nitrogens with zero attached hydrogens (tertiary/aromatic N) is 1. The third-order valence-electron chi connectivity index (χ3n) is 4.75. The van der Waals surface area contributed by atoms with Gasteiger partial charge in [0, 0.05) is 25.7 Å². The Hall–Kier alpha value is -0.120. The minimum Gasteiger partial charge on any atom is -0.374 e. The van der Waals surface area contributed by atoms with Gasteiger partial charge in [-0.3, -0.25) is 0 Å². The molecule has 3 nitrogen and oxygen atoms in total. The minimum absolute atomic E-state index is 0.392. The topological polar surface area (TPSA) is 24.5 Å². The number of hydrogen-bond donors (Lipinski definition) is 1. The molecule has 1 aliphatic heterocycles. The first kappa shape index (κ1) is 14.3. The van der Waals surface area contributed by atoms with E-state index in [0.717, 1.165) is 44.1 Å². The molecule has 2 rings (SSSR count). The third kappa shape index (κ3) is 3.94. The van der Waals surface area contributed by atoms with E-state index >= 15 is 0 Å². The van der Waals surface area contributed by atoms with Crippen molar-refractivity contribution in [3.8, 4) is 0 Å². The number of nitrogens with one attached hydrogen (secondary N) is 1. The van der Waals surface area contributed by atoms with Crippen LogP contribution in [0.15, 0.2) is 0 Å². The molecule has 1 saturated carbocycles. The lowest BCUT2D eigenvalue weighted by molar-refractivity contribution is -0.00365. The second kappa shape index (κ2) is 6.88. The summed E-state index contributed by atoms with van der Waals surface area (Å²) in [7, 11) is 2.28. The van der Waals surface area contributed by atoms with Crippen LogP contribution in [0.2, 0.25) is 0 Å². The van der Waals surface area contributed by atoms with Gasteiger partial charge in [0.05, 0.1) is 12.7 Å². The summed E-state index contributed by atoms with van der Waals surface area (Å²) in [6.45, 7) is 8.74. The lowest BCUT2D eigenvalue weighted by atomic mass is 9.79. The maximum Gasteiger partial charge on any atom is 0.0826 e. The highest BCUT2D eigenvalue weighted by atomic mass is 16.5. The molecule has 1 saturated heterocycles. The van der Waals surface area contributed by atoms with Crippen LogP contribution in [-0.4, -0.2) is 50.3 Å². The van der Waals surface area contributed by atoms with Crippen LogP contribution >= 0.6 is 0 Å². The molecule has 0 bridgehead atoms. The maximum absolute atomic E-state index is 5.81. The highest BCUT2D eigenvalue weighted by Gasteiger charge is 2.28. The normalized spacial score (nSPS) is 34.2. The highest BCUT2D eigenvalue weighted by Crippen LogP contribution is 2.32. The minimum atomic E-state index is 0.392. The fourth-order valence-corrected chi connectivity index (χ4v) is 3.41. The first-order chi connectivity index (χ1) is 8.66. The van der Waals surface area contributed by atoms with Crippen LogP contribution in [0.1, 0.15) is 39.5 Å². The van der Waals surface area contributed by atoms with Crippen molar-refractivity contribution in [1.29, 1.82) is 0 Å². The van der Waals surface area contributed by atoms with E-state index in [4.69, 9.17) is 4.74 Å². The van der Waals surface area contributed by atoms with E-state index in [0.29, 0.717) is 6.10 Å². The smallest absolute Gasteiger partial charge is 0.0826 e. The standard InChI is InChI=1S/C15H30N2O/c1-12(2)13-5-4-6-14(9-13)17(3)11-15-10-16-7-8-18-15/h12-16H,4-11H2,1-3H3. The van der Waals surface area contributed by atoms with Gasteiger partial charge in [0.15, 0.2) is 0 Å². The highest BCUT2D eigenvalue weighted by molar-refractivity contribution is 4.82. The van der Waals surface area contributed by atoms with Crippen molar-refractivity contribution >= 4 is 0 Å². The molecule has 0 aromatic carbocycles. The molecule has 3 heteroatoms.